The molecule has 0 aliphatic rings. The summed E-state index contributed by atoms with van der Waals surface area (Å²) in [6.07, 6.45) is -0.959. The summed E-state index contributed by atoms with van der Waals surface area (Å²) < 4.78 is 37.9. The molecular formula is C9H11ClF3NO. The first-order chi connectivity index (χ1) is 6.43. The largest absolute Gasteiger partial charge is 0.391 e. The number of hydrogen-bond donors (Lipinski definition) is 2. The predicted octanol–water partition coefficient (Wildman–Crippen LogP) is 1.91. The van der Waals surface area contributed by atoms with Crippen molar-refractivity contribution in [3.8, 4) is 0 Å². The molecule has 6 heteroatoms. The lowest BCUT2D eigenvalue weighted by Crippen LogP contribution is -2.23. The van der Waals surface area contributed by atoms with Crippen LogP contribution in [-0.2, 0) is 0 Å². The Hall–Kier alpha value is -0.780. The number of halogens is 4. The summed E-state index contributed by atoms with van der Waals surface area (Å²) in [5, 5.41) is 9.06. The van der Waals surface area contributed by atoms with E-state index in [1.165, 1.54) is 6.92 Å². The van der Waals surface area contributed by atoms with Crippen molar-refractivity contribution in [2.75, 3.05) is 0 Å². The Balaban J connectivity index is 0.00000196. The Morgan fingerprint density at radius 3 is 1.93 bits per heavy atom. The van der Waals surface area contributed by atoms with Crippen LogP contribution in [0.4, 0.5) is 13.2 Å². The third kappa shape index (κ3) is 3.09. The van der Waals surface area contributed by atoms with Crippen LogP contribution in [0.3, 0.4) is 0 Å². The summed E-state index contributed by atoms with van der Waals surface area (Å²) in [7, 11) is 0. The fourth-order valence-corrected chi connectivity index (χ4v) is 1.05. The van der Waals surface area contributed by atoms with Gasteiger partial charge in [-0.2, -0.15) is 0 Å². The fraction of sp³-hybridized carbons (Fsp3) is 0.333. The molecule has 0 radical (unpaired) electrons. The van der Waals surface area contributed by atoms with Crippen LogP contribution in [0.15, 0.2) is 12.1 Å². The molecule has 15 heavy (non-hydrogen) atoms. The van der Waals surface area contributed by atoms with Crippen molar-refractivity contribution in [1.29, 1.82) is 0 Å². The normalized spacial score (nSPS) is 14.3. The van der Waals surface area contributed by atoms with E-state index in [-0.39, 0.29) is 18.0 Å². The van der Waals surface area contributed by atoms with E-state index < -0.39 is 29.6 Å². The maximum Gasteiger partial charge on any atom is 0.194 e. The average molecular weight is 242 g/mol. The Morgan fingerprint density at radius 1 is 1.20 bits per heavy atom. The van der Waals surface area contributed by atoms with Gasteiger partial charge in [0, 0.05) is 0 Å². The molecule has 0 amide bonds. The minimum Gasteiger partial charge on any atom is -0.391 e. The summed E-state index contributed by atoms with van der Waals surface area (Å²) in [4.78, 5) is 0. The second kappa shape index (κ2) is 5.34. The standard InChI is InChI=1S/C9H10F3NO.ClH/c1-4(14)9(13)5-2-6(10)8(12)7(11)3-5;/h2-4,9,14H,13H2,1H3;1H/t4-,9-;/m1./s1. The summed E-state index contributed by atoms with van der Waals surface area (Å²) in [5.74, 6) is -4.15. The van der Waals surface area contributed by atoms with Gasteiger partial charge in [-0.1, -0.05) is 0 Å². The molecule has 0 bridgehead atoms. The van der Waals surface area contributed by atoms with Crippen molar-refractivity contribution in [2.45, 2.75) is 19.1 Å². The third-order valence-corrected chi connectivity index (χ3v) is 1.91. The average Bonchev–Trinajstić information content (AvgIpc) is 2.12. The van der Waals surface area contributed by atoms with Gasteiger partial charge in [-0.3, -0.25) is 0 Å². The topological polar surface area (TPSA) is 46.2 Å². The van der Waals surface area contributed by atoms with E-state index >= 15 is 0 Å². The highest BCUT2D eigenvalue weighted by atomic mass is 35.5. The van der Waals surface area contributed by atoms with Gasteiger partial charge in [0.2, 0.25) is 0 Å². The second-order valence-electron chi connectivity index (χ2n) is 3.06. The second-order valence-corrected chi connectivity index (χ2v) is 3.06. The first-order valence-corrected chi connectivity index (χ1v) is 4.01. The number of rotatable bonds is 2. The molecule has 3 N–H and O–H groups in total. The van der Waals surface area contributed by atoms with Gasteiger partial charge in [0.05, 0.1) is 12.1 Å². The molecule has 0 saturated carbocycles. The fourth-order valence-electron chi connectivity index (χ4n) is 1.05. The number of nitrogens with two attached hydrogens (primary N) is 1. The molecule has 1 aromatic carbocycles. The van der Waals surface area contributed by atoms with Crippen molar-refractivity contribution >= 4 is 12.4 Å². The van der Waals surface area contributed by atoms with E-state index in [9.17, 15) is 13.2 Å². The molecule has 2 nitrogen and oxygen atoms in total. The van der Waals surface area contributed by atoms with E-state index in [1.807, 2.05) is 0 Å². The highest BCUT2D eigenvalue weighted by Crippen LogP contribution is 2.19. The molecule has 0 aliphatic carbocycles. The minimum atomic E-state index is -1.54. The highest BCUT2D eigenvalue weighted by Gasteiger charge is 2.17. The summed E-state index contributed by atoms with van der Waals surface area (Å²) in [5.41, 5.74) is 5.44. The molecule has 0 heterocycles. The molecule has 0 aliphatic heterocycles. The lowest BCUT2D eigenvalue weighted by atomic mass is 10.0. The molecule has 0 fully saturated rings. The summed E-state index contributed by atoms with van der Waals surface area (Å²) in [6.45, 7) is 1.38. The molecule has 0 aromatic heterocycles. The van der Waals surface area contributed by atoms with Gasteiger partial charge in [-0.05, 0) is 24.6 Å². The maximum absolute atomic E-state index is 12.7. The van der Waals surface area contributed by atoms with E-state index in [0.29, 0.717) is 0 Å². The number of hydrogen-bond acceptors (Lipinski definition) is 2. The lowest BCUT2D eigenvalue weighted by Gasteiger charge is -2.15. The molecule has 0 unspecified atom stereocenters. The minimum absolute atomic E-state index is 0. The molecule has 0 spiro atoms. The highest BCUT2D eigenvalue weighted by molar-refractivity contribution is 5.85. The zero-order valence-electron chi connectivity index (χ0n) is 7.88. The van der Waals surface area contributed by atoms with Crippen molar-refractivity contribution in [2.24, 2.45) is 5.73 Å². The van der Waals surface area contributed by atoms with Crippen LogP contribution in [0.1, 0.15) is 18.5 Å². The van der Waals surface area contributed by atoms with Gasteiger partial charge >= 0.3 is 0 Å². The van der Waals surface area contributed by atoms with Gasteiger partial charge in [0.1, 0.15) is 0 Å². The van der Waals surface area contributed by atoms with Crippen LogP contribution in [0.25, 0.3) is 0 Å². The van der Waals surface area contributed by atoms with E-state index in [4.69, 9.17) is 10.8 Å². The van der Waals surface area contributed by atoms with Crippen LogP contribution in [0, 0.1) is 17.5 Å². The van der Waals surface area contributed by atoms with Crippen LogP contribution >= 0.6 is 12.4 Å². The van der Waals surface area contributed by atoms with Gasteiger partial charge < -0.3 is 10.8 Å². The van der Waals surface area contributed by atoms with E-state index in [2.05, 4.69) is 0 Å². The SMILES string of the molecule is C[C@@H](O)[C@@H](N)c1cc(F)c(F)c(F)c1.Cl. The molecule has 1 rings (SSSR count). The Kier molecular flexibility index (Phi) is 5.07. The van der Waals surface area contributed by atoms with Crippen LogP contribution in [-0.4, -0.2) is 11.2 Å². The molecule has 1 aromatic rings. The molecule has 0 saturated heterocycles. The first kappa shape index (κ1) is 14.2. The number of benzene rings is 1. The zero-order valence-corrected chi connectivity index (χ0v) is 8.69. The van der Waals surface area contributed by atoms with E-state index in [1.54, 1.807) is 0 Å². The molecule has 86 valence electrons. The molecular weight excluding hydrogens is 231 g/mol. The monoisotopic (exact) mass is 241 g/mol. The Morgan fingerprint density at radius 2 is 1.60 bits per heavy atom. The van der Waals surface area contributed by atoms with E-state index in [0.717, 1.165) is 12.1 Å². The first-order valence-electron chi connectivity index (χ1n) is 4.01. The van der Waals surface area contributed by atoms with Crippen molar-refractivity contribution < 1.29 is 18.3 Å². The van der Waals surface area contributed by atoms with Crippen molar-refractivity contribution in [1.82, 2.24) is 0 Å². The van der Waals surface area contributed by atoms with Crippen molar-refractivity contribution in [3.63, 3.8) is 0 Å². The van der Waals surface area contributed by atoms with Gasteiger partial charge in [-0.15, -0.1) is 12.4 Å². The van der Waals surface area contributed by atoms with Gasteiger partial charge in [-0.25, -0.2) is 13.2 Å². The number of aliphatic hydroxyl groups excluding tert-OH is 1. The van der Waals surface area contributed by atoms with Crippen LogP contribution in [0.2, 0.25) is 0 Å². The number of aliphatic hydroxyl groups is 1. The smallest absolute Gasteiger partial charge is 0.194 e. The lowest BCUT2D eigenvalue weighted by molar-refractivity contribution is 0.164. The Bertz CT molecular complexity index is 323. The van der Waals surface area contributed by atoms with Gasteiger partial charge in [0.15, 0.2) is 17.5 Å². The predicted molar refractivity (Wildman–Crippen MR) is 52.2 cm³/mol. The zero-order chi connectivity index (χ0) is 10.9. The van der Waals surface area contributed by atoms with Crippen LogP contribution in [0.5, 0.6) is 0 Å². The quantitative estimate of drug-likeness (QED) is 0.777. The summed E-state index contributed by atoms with van der Waals surface area (Å²) in [6, 6.07) is 0.616. The Labute approximate surface area is 91.3 Å². The van der Waals surface area contributed by atoms with Crippen molar-refractivity contribution in [3.05, 3.63) is 35.1 Å². The van der Waals surface area contributed by atoms with Gasteiger partial charge in [0.25, 0.3) is 0 Å². The molecule has 2 atom stereocenters. The summed E-state index contributed by atoms with van der Waals surface area (Å²) >= 11 is 0. The third-order valence-electron chi connectivity index (χ3n) is 1.91. The maximum atomic E-state index is 12.7. The van der Waals surface area contributed by atoms with Crippen LogP contribution < -0.4 is 5.73 Å².